The van der Waals surface area contributed by atoms with Gasteiger partial charge in [-0.1, -0.05) is 6.07 Å². The quantitative estimate of drug-likeness (QED) is 0.879. The summed E-state index contributed by atoms with van der Waals surface area (Å²) >= 11 is 0. The topological polar surface area (TPSA) is 43.3 Å². The summed E-state index contributed by atoms with van der Waals surface area (Å²) in [4.78, 5) is 11.9. The average Bonchev–Trinajstić information content (AvgIpc) is 2.76. The number of nitrogens with zero attached hydrogens (tertiary/aromatic N) is 1. The lowest BCUT2D eigenvalue weighted by Crippen LogP contribution is -2.11. The Bertz CT molecular complexity index is 532. The summed E-state index contributed by atoms with van der Waals surface area (Å²) in [5, 5.41) is 2.81. The monoisotopic (exact) mass is 230 g/mol. The van der Waals surface area contributed by atoms with E-state index in [1.54, 1.807) is 25.4 Å². The van der Waals surface area contributed by atoms with Crippen LogP contribution < -0.4 is 10.1 Å². The summed E-state index contributed by atoms with van der Waals surface area (Å²) in [5.41, 5.74) is 1.36. The molecule has 0 aliphatic heterocycles. The van der Waals surface area contributed by atoms with Crippen LogP contribution >= 0.6 is 0 Å². The predicted molar refractivity (Wildman–Crippen MR) is 66.4 cm³/mol. The Balaban J connectivity index is 2.12. The number of carbonyl (C=O) groups excluding carboxylic acids is 1. The minimum Gasteiger partial charge on any atom is -0.497 e. The highest BCUT2D eigenvalue weighted by Crippen LogP contribution is 2.17. The number of benzene rings is 1. The molecule has 1 heterocycles. The molecule has 0 bridgehead atoms. The van der Waals surface area contributed by atoms with E-state index in [1.807, 2.05) is 36.0 Å². The number of nitrogens with one attached hydrogen (secondary N) is 1. The summed E-state index contributed by atoms with van der Waals surface area (Å²) in [6, 6.07) is 9.04. The van der Waals surface area contributed by atoms with Crippen LogP contribution in [0.1, 0.15) is 10.4 Å². The van der Waals surface area contributed by atoms with Gasteiger partial charge in [0.25, 0.3) is 5.91 Å². The van der Waals surface area contributed by atoms with E-state index in [-0.39, 0.29) is 5.91 Å². The molecule has 0 unspecified atom stereocenters. The highest BCUT2D eigenvalue weighted by Gasteiger charge is 2.07. The fourth-order valence-corrected chi connectivity index (χ4v) is 1.54. The van der Waals surface area contributed by atoms with Crippen molar-refractivity contribution in [2.45, 2.75) is 0 Å². The zero-order valence-corrected chi connectivity index (χ0v) is 9.81. The second-order valence-corrected chi connectivity index (χ2v) is 3.75. The van der Waals surface area contributed by atoms with Crippen LogP contribution in [0.15, 0.2) is 42.7 Å². The fourth-order valence-electron chi connectivity index (χ4n) is 1.54. The van der Waals surface area contributed by atoms with Crippen molar-refractivity contribution < 1.29 is 9.53 Å². The summed E-state index contributed by atoms with van der Waals surface area (Å²) in [6.07, 6.45) is 3.61. The van der Waals surface area contributed by atoms with Crippen molar-refractivity contribution >= 4 is 11.6 Å². The summed E-state index contributed by atoms with van der Waals surface area (Å²) in [7, 11) is 3.47. The zero-order valence-electron chi connectivity index (χ0n) is 9.81. The van der Waals surface area contributed by atoms with Crippen LogP contribution in [0, 0.1) is 0 Å². The number of aryl methyl sites for hydroxylation is 1. The summed E-state index contributed by atoms with van der Waals surface area (Å²) in [6.45, 7) is 0. The fraction of sp³-hybridized carbons (Fsp3) is 0.154. The molecule has 1 amide bonds. The maximum Gasteiger partial charge on any atom is 0.257 e. The van der Waals surface area contributed by atoms with Crippen molar-refractivity contribution in [2.75, 3.05) is 12.4 Å². The van der Waals surface area contributed by atoms with Gasteiger partial charge in [-0.05, 0) is 18.2 Å². The van der Waals surface area contributed by atoms with E-state index >= 15 is 0 Å². The maximum absolute atomic E-state index is 11.9. The van der Waals surface area contributed by atoms with Gasteiger partial charge in [-0.15, -0.1) is 0 Å². The highest BCUT2D eigenvalue weighted by molar-refractivity contribution is 6.04. The van der Waals surface area contributed by atoms with Crippen LogP contribution in [-0.2, 0) is 7.05 Å². The van der Waals surface area contributed by atoms with Gasteiger partial charge in [0.2, 0.25) is 0 Å². The van der Waals surface area contributed by atoms with E-state index in [0.29, 0.717) is 5.56 Å². The summed E-state index contributed by atoms with van der Waals surface area (Å²) in [5.74, 6) is 0.592. The third-order valence-corrected chi connectivity index (χ3v) is 2.42. The van der Waals surface area contributed by atoms with Crippen molar-refractivity contribution in [3.8, 4) is 5.75 Å². The molecule has 1 aromatic carbocycles. The van der Waals surface area contributed by atoms with Gasteiger partial charge in [0.15, 0.2) is 0 Å². The Morgan fingerprint density at radius 1 is 1.35 bits per heavy atom. The molecule has 0 saturated heterocycles. The molecule has 1 aromatic heterocycles. The molecule has 0 fully saturated rings. The van der Waals surface area contributed by atoms with Crippen molar-refractivity contribution in [1.29, 1.82) is 0 Å². The SMILES string of the molecule is COc1cccc(NC(=O)c2ccn(C)c2)c1. The molecule has 0 saturated carbocycles. The lowest BCUT2D eigenvalue weighted by atomic mass is 10.2. The lowest BCUT2D eigenvalue weighted by Gasteiger charge is -2.05. The summed E-state index contributed by atoms with van der Waals surface area (Å²) < 4.78 is 6.92. The molecule has 0 radical (unpaired) electrons. The first-order valence-corrected chi connectivity index (χ1v) is 5.26. The Labute approximate surface area is 99.8 Å². The molecule has 2 aromatic rings. The first-order valence-electron chi connectivity index (χ1n) is 5.26. The first-order chi connectivity index (χ1) is 8.19. The van der Waals surface area contributed by atoms with Crippen LogP contribution in [0.4, 0.5) is 5.69 Å². The second-order valence-electron chi connectivity index (χ2n) is 3.75. The van der Waals surface area contributed by atoms with Gasteiger partial charge in [-0.25, -0.2) is 0 Å². The molecule has 4 nitrogen and oxygen atoms in total. The molecule has 0 atom stereocenters. The molecule has 17 heavy (non-hydrogen) atoms. The van der Waals surface area contributed by atoms with Gasteiger partial charge in [0, 0.05) is 31.2 Å². The Morgan fingerprint density at radius 2 is 2.18 bits per heavy atom. The highest BCUT2D eigenvalue weighted by atomic mass is 16.5. The number of rotatable bonds is 3. The lowest BCUT2D eigenvalue weighted by molar-refractivity contribution is 0.102. The molecule has 0 aliphatic carbocycles. The second kappa shape index (κ2) is 4.74. The van der Waals surface area contributed by atoms with Crippen molar-refractivity contribution in [3.05, 3.63) is 48.3 Å². The Hall–Kier alpha value is -2.23. The van der Waals surface area contributed by atoms with Gasteiger partial charge < -0.3 is 14.6 Å². The Kier molecular flexibility index (Phi) is 3.14. The number of hydrogen-bond donors (Lipinski definition) is 1. The van der Waals surface area contributed by atoms with E-state index in [1.165, 1.54) is 0 Å². The van der Waals surface area contributed by atoms with Gasteiger partial charge in [0.05, 0.1) is 12.7 Å². The van der Waals surface area contributed by atoms with Crippen LogP contribution in [-0.4, -0.2) is 17.6 Å². The van der Waals surface area contributed by atoms with E-state index in [4.69, 9.17) is 4.74 Å². The number of amides is 1. The van der Waals surface area contributed by atoms with E-state index in [9.17, 15) is 4.79 Å². The van der Waals surface area contributed by atoms with Gasteiger partial charge in [-0.3, -0.25) is 4.79 Å². The number of carbonyl (C=O) groups is 1. The normalized spacial score (nSPS) is 10.0. The van der Waals surface area contributed by atoms with Gasteiger partial charge in [0.1, 0.15) is 5.75 Å². The third-order valence-electron chi connectivity index (χ3n) is 2.42. The number of aromatic nitrogens is 1. The van der Waals surface area contributed by atoms with E-state index < -0.39 is 0 Å². The standard InChI is InChI=1S/C13H14N2O2/c1-15-7-6-10(9-15)13(16)14-11-4-3-5-12(8-11)17-2/h3-9H,1-2H3,(H,14,16). The molecular weight excluding hydrogens is 216 g/mol. The average molecular weight is 230 g/mol. The minimum atomic E-state index is -0.126. The molecular formula is C13H14N2O2. The number of anilines is 1. The molecule has 88 valence electrons. The van der Waals surface area contributed by atoms with E-state index in [0.717, 1.165) is 11.4 Å². The van der Waals surface area contributed by atoms with Crippen molar-refractivity contribution in [3.63, 3.8) is 0 Å². The smallest absolute Gasteiger partial charge is 0.257 e. The molecule has 2 rings (SSSR count). The number of hydrogen-bond acceptors (Lipinski definition) is 2. The van der Waals surface area contributed by atoms with Crippen LogP contribution in [0.5, 0.6) is 5.75 Å². The predicted octanol–water partition coefficient (Wildman–Crippen LogP) is 2.29. The van der Waals surface area contributed by atoms with Crippen LogP contribution in [0.2, 0.25) is 0 Å². The van der Waals surface area contributed by atoms with Crippen LogP contribution in [0.25, 0.3) is 0 Å². The van der Waals surface area contributed by atoms with Crippen molar-refractivity contribution in [1.82, 2.24) is 4.57 Å². The molecule has 4 heteroatoms. The molecule has 0 spiro atoms. The molecule has 1 N–H and O–H groups in total. The van der Waals surface area contributed by atoms with Gasteiger partial charge in [-0.2, -0.15) is 0 Å². The zero-order chi connectivity index (χ0) is 12.3. The maximum atomic E-state index is 11.9. The van der Waals surface area contributed by atoms with Crippen LogP contribution in [0.3, 0.4) is 0 Å². The number of methoxy groups -OCH3 is 1. The third kappa shape index (κ3) is 2.66. The van der Waals surface area contributed by atoms with Crippen molar-refractivity contribution in [2.24, 2.45) is 7.05 Å². The molecule has 0 aliphatic rings. The number of ether oxygens (including phenoxy) is 1. The van der Waals surface area contributed by atoms with E-state index in [2.05, 4.69) is 5.32 Å². The first kappa shape index (κ1) is 11.3. The van der Waals surface area contributed by atoms with Gasteiger partial charge >= 0.3 is 0 Å². The minimum absolute atomic E-state index is 0.126. The Morgan fingerprint density at radius 3 is 2.82 bits per heavy atom. The largest absolute Gasteiger partial charge is 0.497 e.